The molecule has 1 aromatic rings. The van der Waals surface area contributed by atoms with Gasteiger partial charge in [0.05, 0.1) is 5.69 Å². The molecule has 4 nitrogen and oxygen atoms in total. The molecule has 0 aliphatic carbocycles. The lowest BCUT2D eigenvalue weighted by Crippen LogP contribution is -2.24. The van der Waals surface area contributed by atoms with Crippen LogP contribution in [0.4, 0.5) is 10.1 Å². The average molecular weight is 283 g/mol. The number of carbonyl (C=O) groups is 2. The zero-order valence-electron chi connectivity index (χ0n) is 10.4. The number of hydrogen-bond acceptors (Lipinski definition) is 4. The van der Waals surface area contributed by atoms with Gasteiger partial charge < -0.3 is 10.0 Å². The van der Waals surface area contributed by atoms with Crippen molar-refractivity contribution in [2.75, 3.05) is 17.2 Å². The van der Waals surface area contributed by atoms with E-state index < -0.39 is 5.82 Å². The molecule has 1 heterocycles. The maximum Gasteiger partial charge on any atom is 0.227 e. The number of phenolic OH excluding ortho intramolecular Hbond substituents is 1. The Bertz CT molecular complexity index is 521. The van der Waals surface area contributed by atoms with Crippen molar-refractivity contribution in [3.8, 4) is 5.75 Å². The Morgan fingerprint density at radius 3 is 2.95 bits per heavy atom. The van der Waals surface area contributed by atoms with Gasteiger partial charge in [-0.1, -0.05) is 11.8 Å². The van der Waals surface area contributed by atoms with Gasteiger partial charge >= 0.3 is 0 Å². The fraction of sp³-hybridized carbons (Fsp3) is 0.385. The van der Waals surface area contributed by atoms with Crippen LogP contribution < -0.4 is 4.90 Å². The lowest BCUT2D eigenvalue weighted by atomic mass is 10.1. The van der Waals surface area contributed by atoms with E-state index in [0.717, 1.165) is 6.07 Å². The van der Waals surface area contributed by atoms with Crippen LogP contribution in [0, 0.1) is 11.7 Å². The SMILES string of the molecule is CC(=O)SCC1CC(=O)N(c2ccc(F)cc2O)C1. The molecule has 0 saturated carbocycles. The Morgan fingerprint density at radius 2 is 2.32 bits per heavy atom. The van der Waals surface area contributed by atoms with Crippen LogP contribution in [-0.2, 0) is 9.59 Å². The minimum Gasteiger partial charge on any atom is -0.506 e. The van der Waals surface area contributed by atoms with Gasteiger partial charge in [0.25, 0.3) is 0 Å². The molecule has 2 rings (SSSR count). The highest BCUT2D eigenvalue weighted by atomic mass is 32.2. The molecule has 0 aromatic heterocycles. The summed E-state index contributed by atoms with van der Waals surface area (Å²) in [6.45, 7) is 1.93. The summed E-state index contributed by atoms with van der Waals surface area (Å²) in [5.74, 6) is -0.244. The van der Waals surface area contributed by atoms with Crippen LogP contribution in [0.3, 0.4) is 0 Å². The Kier molecular flexibility index (Phi) is 4.09. The van der Waals surface area contributed by atoms with Crippen molar-refractivity contribution in [1.82, 2.24) is 0 Å². The third-order valence-corrected chi connectivity index (χ3v) is 4.00. The average Bonchev–Trinajstić information content (AvgIpc) is 2.68. The monoisotopic (exact) mass is 283 g/mol. The third-order valence-electron chi connectivity index (χ3n) is 2.96. The van der Waals surface area contributed by atoms with Crippen LogP contribution in [0.5, 0.6) is 5.75 Å². The van der Waals surface area contributed by atoms with Gasteiger partial charge in [0.2, 0.25) is 5.91 Å². The van der Waals surface area contributed by atoms with Crippen molar-refractivity contribution >= 4 is 28.5 Å². The number of rotatable bonds is 3. The van der Waals surface area contributed by atoms with Gasteiger partial charge in [-0.05, 0) is 18.1 Å². The molecule has 1 atom stereocenters. The van der Waals surface area contributed by atoms with Gasteiger partial charge in [-0.2, -0.15) is 0 Å². The third kappa shape index (κ3) is 3.26. The Hall–Kier alpha value is -1.56. The van der Waals surface area contributed by atoms with Gasteiger partial charge in [0.1, 0.15) is 11.6 Å². The van der Waals surface area contributed by atoms with Crippen molar-refractivity contribution in [3.63, 3.8) is 0 Å². The molecule has 1 aliphatic heterocycles. The number of carbonyl (C=O) groups excluding carboxylic acids is 2. The fourth-order valence-corrected chi connectivity index (χ4v) is 2.78. The molecular formula is C13H14FNO3S. The van der Waals surface area contributed by atoms with E-state index in [0.29, 0.717) is 24.4 Å². The molecule has 0 bridgehead atoms. The van der Waals surface area contributed by atoms with Gasteiger partial charge in [0.15, 0.2) is 5.12 Å². The quantitative estimate of drug-likeness (QED) is 0.923. The first-order valence-electron chi connectivity index (χ1n) is 5.89. The summed E-state index contributed by atoms with van der Waals surface area (Å²) < 4.78 is 12.9. The topological polar surface area (TPSA) is 57.6 Å². The van der Waals surface area contributed by atoms with Crippen LogP contribution in [-0.4, -0.2) is 28.4 Å². The molecular weight excluding hydrogens is 269 g/mol. The molecule has 1 aliphatic rings. The first kappa shape index (κ1) is 13.9. The van der Waals surface area contributed by atoms with Crippen molar-refractivity contribution in [2.24, 2.45) is 5.92 Å². The molecule has 102 valence electrons. The smallest absolute Gasteiger partial charge is 0.227 e. The minimum absolute atomic E-state index is 0.0236. The van der Waals surface area contributed by atoms with Crippen molar-refractivity contribution < 1.29 is 19.1 Å². The zero-order chi connectivity index (χ0) is 14.0. The van der Waals surface area contributed by atoms with Crippen LogP contribution in [0.15, 0.2) is 18.2 Å². The fourth-order valence-electron chi connectivity index (χ4n) is 2.09. The van der Waals surface area contributed by atoms with E-state index in [-0.39, 0.29) is 22.7 Å². The molecule has 1 unspecified atom stereocenters. The Balaban J connectivity index is 2.09. The summed E-state index contributed by atoms with van der Waals surface area (Å²) in [6.07, 6.45) is 0.344. The number of phenols is 1. The van der Waals surface area contributed by atoms with Gasteiger partial charge in [-0.15, -0.1) is 0 Å². The van der Waals surface area contributed by atoms with Gasteiger partial charge in [0, 0.05) is 31.7 Å². The molecule has 19 heavy (non-hydrogen) atoms. The molecule has 1 saturated heterocycles. The number of hydrogen-bond donors (Lipinski definition) is 1. The van der Waals surface area contributed by atoms with Crippen molar-refractivity contribution in [1.29, 1.82) is 0 Å². The maximum absolute atomic E-state index is 12.9. The summed E-state index contributed by atoms with van der Waals surface area (Å²) in [7, 11) is 0. The van der Waals surface area contributed by atoms with Gasteiger partial charge in [-0.3, -0.25) is 9.59 Å². The van der Waals surface area contributed by atoms with E-state index in [1.807, 2.05) is 0 Å². The number of aromatic hydroxyl groups is 1. The molecule has 1 amide bonds. The summed E-state index contributed by atoms with van der Waals surface area (Å²) in [6, 6.07) is 3.59. The Labute approximate surface area is 114 Å². The van der Waals surface area contributed by atoms with E-state index in [1.165, 1.54) is 35.7 Å². The lowest BCUT2D eigenvalue weighted by Gasteiger charge is -2.17. The molecule has 1 N–H and O–H groups in total. The summed E-state index contributed by atoms with van der Waals surface area (Å²) >= 11 is 1.19. The molecule has 0 radical (unpaired) electrons. The van der Waals surface area contributed by atoms with Crippen LogP contribution in [0.1, 0.15) is 13.3 Å². The standard InChI is InChI=1S/C13H14FNO3S/c1-8(16)19-7-9-4-13(18)15(6-9)11-3-2-10(14)5-12(11)17/h2-3,5,9,17H,4,6-7H2,1H3. The normalized spacial score (nSPS) is 18.9. The van der Waals surface area contributed by atoms with E-state index in [1.54, 1.807) is 0 Å². The highest BCUT2D eigenvalue weighted by Gasteiger charge is 2.32. The van der Waals surface area contributed by atoms with Crippen molar-refractivity contribution in [3.05, 3.63) is 24.0 Å². The van der Waals surface area contributed by atoms with Crippen LogP contribution in [0.25, 0.3) is 0 Å². The second-order valence-corrected chi connectivity index (χ2v) is 5.71. The highest BCUT2D eigenvalue weighted by Crippen LogP contribution is 2.33. The summed E-state index contributed by atoms with van der Waals surface area (Å²) in [4.78, 5) is 24.2. The second-order valence-electron chi connectivity index (χ2n) is 4.51. The van der Waals surface area contributed by atoms with Gasteiger partial charge in [-0.25, -0.2) is 4.39 Å². The molecule has 1 fully saturated rings. The Morgan fingerprint density at radius 1 is 1.58 bits per heavy atom. The maximum atomic E-state index is 12.9. The number of nitrogens with zero attached hydrogens (tertiary/aromatic N) is 1. The predicted molar refractivity (Wildman–Crippen MR) is 71.7 cm³/mol. The van der Waals surface area contributed by atoms with E-state index >= 15 is 0 Å². The molecule has 1 aromatic carbocycles. The number of amides is 1. The first-order chi connectivity index (χ1) is 8.97. The van der Waals surface area contributed by atoms with Crippen LogP contribution in [0.2, 0.25) is 0 Å². The van der Waals surface area contributed by atoms with E-state index in [9.17, 15) is 19.1 Å². The predicted octanol–water partition coefficient (Wildman–Crippen LogP) is 2.16. The number of thioether (sulfide) groups is 1. The second kappa shape index (κ2) is 5.61. The van der Waals surface area contributed by atoms with Crippen LogP contribution >= 0.6 is 11.8 Å². The highest BCUT2D eigenvalue weighted by molar-refractivity contribution is 8.13. The molecule has 0 spiro atoms. The molecule has 6 heteroatoms. The lowest BCUT2D eigenvalue weighted by molar-refractivity contribution is -0.117. The summed E-state index contributed by atoms with van der Waals surface area (Å²) in [5, 5.41) is 9.70. The first-order valence-corrected chi connectivity index (χ1v) is 6.88. The van der Waals surface area contributed by atoms with E-state index in [2.05, 4.69) is 0 Å². The largest absolute Gasteiger partial charge is 0.506 e. The zero-order valence-corrected chi connectivity index (χ0v) is 11.2. The number of halogens is 1. The van der Waals surface area contributed by atoms with Crippen molar-refractivity contribution in [2.45, 2.75) is 13.3 Å². The summed E-state index contributed by atoms with van der Waals surface area (Å²) in [5.41, 5.74) is 0.321. The minimum atomic E-state index is -0.545. The number of benzene rings is 1. The van der Waals surface area contributed by atoms with E-state index in [4.69, 9.17) is 0 Å². The number of anilines is 1.